The molecule has 0 aliphatic carbocycles. The number of nitrogens with zero attached hydrogens (tertiary/aromatic N) is 5. The van der Waals surface area contributed by atoms with E-state index in [1.165, 1.54) is 19.3 Å². The molecule has 7 heteroatoms. The molecule has 1 fully saturated rings. The van der Waals surface area contributed by atoms with E-state index in [1.807, 2.05) is 23.2 Å². The van der Waals surface area contributed by atoms with Gasteiger partial charge in [0.1, 0.15) is 0 Å². The molecule has 0 bridgehead atoms. The zero-order valence-electron chi connectivity index (χ0n) is 14.4. The Morgan fingerprint density at radius 3 is 3.20 bits per heavy atom. The van der Waals surface area contributed by atoms with Crippen LogP contribution in [0.25, 0.3) is 0 Å². The Bertz CT molecular complexity index is 737. The lowest BCUT2D eigenvalue weighted by molar-refractivity contribution is 0.0727. The molecule has 1 atom stereocenters. The van der Waals surface area contributed by atoms with Crippen LogP contribution in [0, 0.1) is 0 Å². The average Bonchev–Trinajstić information content (AvgIpc) is 3.15. The van der Waals surface area contributed by atoms with Crippen LogP contribution in [0.4, 0.5) is 0 Å². The van der Waals surface area contributed by atoms with Crippen molar-refractivity contribution in [2.75, 3.05) is 13.1 Å². The van der Waals surface area contributed by atoms with E-state index in [9.17, 15) is 4.79 Å². The second-order valence-corrected chi connectivity index (χ2v) is 6.89. The summed E-state index contributed by atoms with van der Waals surface area (Å²) in [6, 6.07) is 4.52. The number of carbonyl (C=O) groups excluding carboxylic acids is 1. The monoisotopic (exact) mass is 340 g/mol. The van der Waals surface area contributed by atoms with Crippen LogP contribution in [0.3, 0.4) is 0 Å². The number of aromatic nitrogens is 4. The Kier molecular flexibility index (Phi) is 4.74. The van der Waals surface area contributed by atoms with Gasteiger partial charge in [-0.1, -0.05) is 17.7 Å². The van der Waals surface area contributed by atoms with Crippen molar-refractivity contribution >= 4 is 5.91 Å². The molecule has 4 heterocycles. The van der Waals surface area contributed by atoms with Crippen molar-refractivity contribution in [3.63, 3.8) is 0 Å². The first-order chi connectivity index (χ1) is 12.3. The molecule has 4 rings (SSSR count). The SMILES string of the molecule is O=C(c1cn(CC[C@H]2CCCCN2)nn1)N1CCc2ncccc2C1. The molecular weight excluding hydrogens is 316 g/mol. The molecule has 132 valence electrons. The minimum absolute atomic E-state index is 0.0449. The number of pyridine rings is 1. The Morgan fingerprint density at radius 2 is 2.32 bits per heavy atom. The summed E-state index contributed by atoms with van der Waals surface area (Å²) >= 11 is 0. The van der Waals surface area contributed by atoms with E-state index in [1.54, 1.807) is 10.9 Å². The maximum atomic E-state index is 12.7. The van der Waals surface area contributed by atoms with Gasteiger partial charge in [-0.05, 0) is 37.4 Å². The Hall–Kier alpha value is -2.28. The summed E-state index contributed by atoms with van der Waals surface area (Å²) in [5.74, 6) is -0.0449. The molecule has 2 aromatic heterocycles. The van der Waals surface area contributed by atoms with Crippen molar-refractivity contribution < 1.29 is 4.79 Å². The lowest BCUT2D eigenvalue weighted by Crippen LogP contribution is -2.36. The number of rotatable bonds is 4. The van der Waals surface area contributed by atoms with Crippen LogP contribution in [0.15, 0.2) is 24.5 Å². The number of hydrogen-bond acceptors (Lipinski definition) is 5. The molecule has 1 N–H and O–H groups in total. The first-order valence-corrected chi connectivity index (χ1v) is 9.15. The number of hydrogen-bond donors (Lipinski definition) is 1. The van der Waals surface area contributed by atoms with E-state index in [4.69, 9.17) is 0 Å². The number of fused-ring (bicyclic) bond motifs is 1. The van der Waals surface area contributed by atoms with Crippen LogP contribution in [-0.2, 0) is 19.5 Å². The molecule has 2 aromatic rings. The van der Waals surface area contributed by atoms with Gasteiger partial charge in [0.25, 0.3) is 5.91 Å². The Morgan fingerprint density at radius 1 is 1.36 bits per heavy atom. The van der Waals surface area contributed by atoms with Gasteiger partial charge in [0.15, 0.2) is 5.69 Å². The number of aryl methyl sites for hydroxylation is 1. The maximum Gasteiger partial charge on any atom is 0.276 e. The van der Waals surface area contributed by atoms with Crippen molar-refractivity contribution in [2.45, 2.75) is 51.2 Å². The van der Waals surface area contributed by atoms with Crippen LogP contribution >= 0.6 is 0 Å². The second kappa shape index (κ2) is 7.31. The number of carbonyl (C=O) groups is 1. The summed E-state index contributed by atoms with van der Waals surface area (Å²) in [6.45, 7) is 3.18. The Balaban J connectivity index is 1.36. The van der Waals surface area contributed by atoms with E-state index in [0.29, 0.717) is 24.8 Å². The summed E-state index contributed by atoms with van der Waals surface area (Å²) in [5, 5.41) is 11.8. The number of nitrogens with one attached hydrogen (secondary N) is 1. The summed E-state index contributed by atoms with van der Waals surface area (Å²) in [7, 11) is 0. The average molecular weight is 340 g/mol. The third-order valence-corrected chi connectivity index (χ3v) is 5.13. The van der Waals surface area contributed by atoms with Crippen LogP contribution < -0.4 is 5.32 Å². The van der Waals surface area contributed by atoms with E-state index in [2.05, 4.69) is 20.6 Å². The largest absolute Gasteiger partial charge is 0.332 e. The molecule has 0 radical (unpaired) electrons. The van der Waals surface area contributed by atoms with Crippen molar-refractivity contribution in [2.24, 2.45) is 0 Å². The van der Waals surface area contributed by atoms with E-state index >= 15 is 0 Å². The van der Waals surface area contributed by atoms with Crippen molar-refractivity contribution in [1.29, 1.82) is 0 Å². The fourth-order valence-corrected chi connectivity index (χ4v) is 3.67. The third-order valence-electron chi connectivity index (χ3n) is 5.13. The molecule has 1 amide bonds. The summed E-state index contributed by atoms with van der Waals surface area (Å²) in [6.07, 6.45) is 9.20. The molecule has 0 spiro atoms. The van der Waals surface area contributed by atoms with Gasteiger partial charge >= 0.3 is 0 Å². The van der Waals surface area contributed by atoms with Gasteiger partial charge in [0.2, 0.25) is 0 Å². The van der Waals surface area contributed by atoms with Crippen molar-refractivity contribution in [3.8, 4) is 0 Å². The number of piperidine rings is 1. The smallest absolute Gasteiger partial charge is 0.276 e. The molecule has 0 aromatic carbocycles. The number of amides is 1. The highest BCUT2D eigenvalue weighted by Crippen LogP contribution is 2.18. The topological polar surface area (TPSA) is 75.9 Å². The maximum absolute atomic E-state index is 12.7. The predicted molar refractivity (Wildman–Crippen MR) is 93.0 cm³/mol. The highest BCUT2D eigenvalue weighted by molar-refractivity contribution is 5.92. The normalized spacial score (nSPS) is 20.3. The molecule has 0 saturated carbocycles. The predicted octanol–water partition coefficient (Wildman–Crippen LogP) is 1.40. The molecule has 2 aliphatic rings. The summed E-state index contributed by atoms with van der Waals surface area (Å²) in [4.78, 5) is 18.9. The summed E-state index contributed by atoms with van der Waals surface area (Å²) in [5.41, 5.74) is 2.65. The van der Waals surface area contributed by atoms with Gasteiger partial charge in [0.05, 0.1) is 6.20 Å². The van der Waals surface area contributed by atoms with Crippen LogP contribution in [0.1, 0.15) is 47.4 Å². The van der Waals surface area contributed by atoms with Gasteiger partial charge in [-0.3, -0.25) is 14.5 Å². The van der Waals surface area contributed by atoms with Gasteiger partial charge in [-0.15, -0.1) is 5.10 Å². The highest BCUT2D eigenvalue weighted by Gasteiger charge is 2.24. The van der Waals surface area contributed by atoms with E-state index < -0.39 is 0 Å². The van der Waals surface area contributed by atoms with Crippen molar-refractivity contribution in [1.82, 2.24) is 30.2 Å². The fraction of sp³-hybridized carbons (Fsp3) is 0.556. The molecule has 25 heavy (non-hydrogen) atoms. The van der Waals surface area contributed by atoms with Crippen molar-refractivity contribution in [3.05, 3.63) is 41.5 Å². The minimum atomic E-state index is -0.0449. The van der Waals surface area contributed by atoms with Crippen LogP contribution in [-0.4, -0.2) is 49.9 Å². The zero-order chi connectivity index (χ0) is 17.1. The van der Waals surface area contributed by atoms with E-state index in [-0.39, 0.29) is 5.91 Å². The minimum Gasteiger partial charge on any atom is -0.332 e. The molecule has 2 aliphatic heterocycles. The third kappa shape index (κ3) is 3.71. The van der Waals surface area contributed by atoms with Gasteiger partial charge in [-0.25, -0.2) is 0 Å². The van der Waals surface area contributed by atoms with Gasteiger partial charge in [0, 0.05) is 44.0 Å². The molecule has 1 saturated heterocycles. The van der Waals surface area contributed by atoms with Gasteiger partial charge < -0.3 is 10.2 Å². The first kappa shape index (κ1) is 16.2. The van der Waals surface area contributed by atoms with Crippen LogP contribution in [0.5, 0.6) is 0 Å². The molecular formula is C18H24N6O. The van der Waals surface area contributed by atoms with Gasteiger partial charge in [-0.2, -0.15) is 0 Å². The highest BCUT2D eigenvalue weighted by atomic mass is 16.2. The first-order valence-electron chi connectivity index (χ1n) is 9.15. The second-order valence-electron chi connectivity index (χ2n) is 6.89. The molecule has 0 unspecified atom stereocenters. The van der Waals surface area contributed by atoms with Crippen LogP contribution in [0.2, 0.25) is 0 Å². The fourth-order valence-electron chi connectivity index (χ4n) is 3.67. The lowest BCUT2D eigenvalue weighted by Gasteiger charge is -2.27. The Labute approximate surface area is 147 Å². The standard InChI is InChI=1S/C18H24N6O/c25-18(23-10-7-16-14(12-23)4-3-9-20-16)17-13-24(22-21-17)11-6-15-5-1-2-8-19-15/h3-4,9,13,15,19H,1-2,5-8,10-12H2/t15-/m1/s1. The molecule has 7 nitrogen and oxygen atoms in total. The zero-order valence-corrected chi connectivity index (χ0v) is 14.4. The quantitative estimate of drug-likeness (QED) is 0.911. The van der Waals surface area contributed by atoms with E-state index in [0.717, 1.165) is 37.2 Å². The summed E-state index contributed by atoms with van der Waals surface area (Å²) < 4.78 is 1.79. The lowest BCUT2D eigenvalue weighted by atomic mass is 10.0.